The van der Waals surface area contributed by atoms with Gasteiger partial charge in [-0.1, -0.05) is 18.2 Å². The lowest BCUT2D eigenvalue weighted by Gasteiger charge is -2.06. The maximum atomic E-state index is 10.9. The van der Waals surface area contributed by atoms with Crippen molar-refractivity contribution in [1.82, 2.24) is 0 Å². The summed E-state index contributed by atoms with van der Waals surface area (Å²) in [6, 6.07) is 14.0. The molecule has 0 saturated heterocycles. The number of para-hydroxylation sites is 1. The van der Waals surface area contributed by atoms with Gasteiger partial charge in [0.15, 0.2) is 0 Å². The number of nitrogens with zero attached hydrogens (tertiary/aromatic N) is 2. The van der Waals surface area contributed by atoms with E-state index in [0.29, 0.717) is 22.0 Å². The minimum absolute atomic E-state index is 0.0940. The number of thioether (sulfide) groups is 1. The first-order valence-electron chi connectivity index (χ1n) is 6.09. The Morgan fingerprint density at radius 3 is 2.76 bits per heavy atom. The molecule has 6 heteroatoms. The molecule has 0 saturated carbocycles. The van der Waals surface area contributed by atoms with Crippen LogP contribution in [0.5, 0.6) is 5.75 Å². The Morgan fingerprint density at radius 2 is 2.10 bits per heavy atom. The van der Waals surface area contributed by atoms with Crippen molar-refractivity contribution in [3.8, 4) is 11.8 Å². The smallest absolute Gasteiger partial charge is 0.282 e. The van der Waals surface area contributed by atoms with Gasteiger partial charge >= 0.3 is 0 Å². The Labute approximate surface area is 126 Å². The van der Waals surface area contributed by atoms with Crippen molar-refractivity contribution < 1.29 is 9.66 Å². The Bertz CT molecular complexity index is 710. The van der Waals surface area contributed by atoms with Gasteiger partial charge in [-0.3, -0.25) is 10.1 Å². The number of hydrogen-bond acceptors (Lipinski definition) is 5. The molecule has 106 valence electrons. The van der Waals surface area contributed by atoms with E-state index >= 15 is 0 Å². The van der Waals surface area contributed by atoms with Gasteiger partial charge in [-0.05, 0) is 23.8 Å². The molecule has 0 heterocycles. The lowest BCUT2D eigenvalue weighted by atomic mass is 10.1. The molecule has 0 spiro atoms. The van der Waals surface area contributed by atoms with Gasteiger partial charge in [-0.2, -0.15) is 5.26 Å². The number of ether oxygens (including phenoxy) is 1. The van der Waals surface area contributed by atoms with Crippen LogP contribution < -0.4 is 4.74 Å². The standard InChI is InChI=1S/C15H12N2O3S/c1-20-14-7-6-11(8-12(14)9-16)10-21-15-5-3-2-4-13(15)17(18)19/h2-8H,10H2,1H3. The van der Waals surface area contributed by atoms with Gasteiger partial charge in [-0.15, -0.1) is 11.8 Å². The average molecular weight is 300 g/mol. The van der Waals surface area contributed by atoms with E-state index < -0.39 is 4.92 Å². The van der Waals surface area contributed by atoms with Crippen LogP contribution in [0, 0.1) is 21.4 Å². The van der Waals surface area contributed by atoms with Crippen molar-refractivity contribution in [3.05, 3.63) is 63.7 Å². The van der Waals surface area contributed by atoms with E-state index in [1.165, 1.54) is 24.9 Å². The largest absolute Gasteiger partial charge is 0.495 e. The molecule has 2 rings (SSSR count). The van der Waals surface area contributed by atoms with Crippen molar-refractivity contribution in [3.63, 3.8) is 0 Å². The van der Waals surface area contributed by atoms with Crippen LogP contribution in [-0.4, -0.2) is 12.0 Å². The Morgan fingerprint density at radius 1 is 1.33 bits per heavy atom. The van der Waals surface area contributed by atoms with Crippen LogP contribution in [0.1, 0.15) is 11.1 Å². The van der Waals surface area contributed by atoms with E-state index in [0.717, 1.165) is 5.56 Å². The highest BCUT2D eigenvalue weighted by Gasteiger charge is 2.13. The molecule has 0 aliphatic rings. The van der Waals surface area contributed by atoms with Crippen molar-refractivity contribution in [2.75, 3.05) is 7.11 Å². The fourth-order valence-electron chi connectivity index (χ4n) is 1.82. The summed E-state index contributed by atoms with van der Waals surface area (Å²) < 4.78 is 5.09. The van der Waals surface area contributed by atoms with Gasteiger partial charge in [0.25, 0.3) is 5.69 Å². The van der Waals surface area contributed by atoms with Crippen LogP contribution in [0.2, 0.25) is 0 Å². The summed E-state index contributed by atoms with van der Waals surface area (Å²) in [5.41, 5.74) is 1.46. The SMILES string of the molecule is COc1ccc(CSc2ccccc2[N+](=O)[O-])cc1C#N. The van der Waals surface area contributed by atoms with Crippen LogP contribution in [0.4, 0.5) is 5.69 Å². The van der Waals surface area contributed by atoms with Gasteiger partial charge in [0.1, 0.15) is 11.8 Å². The van der Waals surface area contributed by atoms with Crippen LogP contribution in [0.15, 0.2) is 47.4 Å². The van der Waals surface area contributed by atoms with E-state index in [1.54, 1.807) is 30.3 Å². The first-order chi connectivity index (χ1) is 10.2. The number of nitriles is 1. The second kappa shape index (κ2) is 6.77. The van der Waals surface area contributed by atoms with Gasteiger partial charge < -0.3 is 4.74 Å². The van der Waals surface area contributed by atoms with Crippen molar-refractivity contribution in [2.24, 2.45) is 0 Å². The second-order valence-electron chi connectivity index (χ2n) is 4.16. The summed E-state index contributed by atoms with van der Waals surface area (Å²) in [4.78, 5) is 11.2. The summed E-state index contributed by atoms with van der Waals surface area (Å²) in [5, 5.41) is 20.0. The molecule has 5 nitrogen and oxygen atoms in total. The molecule has 0 N–H and O–H groups in total. The highest BCUT2D eigenvalue weighted by atomic mass is 32.2. The first kappa shape index (κ1) is 14.9. The number of methoxy groups -OCH3 is 1. The first-order valence-corrected chi connectivity index (χ1v) is 7.07. The minimum Gasteiger partial charge on any atom is -0.495 e. The van der Waals surface area contributed by atoms with Crippen LogP contribution in [0.3, 0.4) is 0 Å². The molecule has 0 bridgehead atoms. The summed E-state index contributed by atoms with van der Waals surface area (Å²) in [5.74, 6) is 1.07. The van der Waals surface area contributed by atoms with Crippen molar-refractivity contribution >= 4 is 17.4 Å². The number of nitro groups is 1. The molecule has 2 aromatic carbocycles. The molecule has 0 radical (unpaired) electrons. The third-order valence-corrected chi connectivity index (χ3v) is 3.97. The lowest BCUT2D eigenvalue weighted by Crippen LogP contribution is -1.92. The third kappa shape index (κ3) is 3.52. The Balaban J connectivity index is 2.18. The van der Waals surface area contributed by atoms with E-state index in [2.05, 4.69) is 6.07 Å². The molecule has 0 aromatic heterocycles. The summed E-state index contributed by atoms with van der Waals surface area (Å²) in [6.45, 7) is 0. The van der Waals surface area contributed by atoms with Crippen molar-refractivity contribution in [2.45, 2.75) is 10.6 Å². The molecule has 0 unspecified atom stereocenters. The van der Waals surface area contributed by atoms with Crippen molar-refractivity contribution in [1.29, 1.82) is 5.26 Å². The normalized spacial score (nSPS) is 9.90. The second-order valence-corrected chi connectivity index (χ2v) is 5.18. The molecular weight excluding hydrogens is 288 g/mol. The highest BCUT2D eigenvalue weighted by molar-refractivity contribution is 7.98. The molecule has 0 atom stereocenters. The summed E-state index contributed by atoms with van der Waals surface area (Å²) >= 11 is 1.37. The third-order valence-electron chi connectivity index (χ3n) is 2.84. The molecule has 2 aromatic rings. The maximum absolute atomic E-state index is 10.9. The zero-order valence-electron chi connectivity index (χ0n) is 11.3. The number of nitro benzene ring substituents is 1. The Kier molecular flexibility index (Phi) is 4.80. The van der Waals surface area contributed by atoms with Gasteiger partial charge in [-0.25, -0.2) is 0 Å². The highest BCUT2D eigenvalue weighted by Crippen LogP contribution is 2.32. The monoisotopic (exact) mass is 300 g/mol. The van der Waals surface area contributed by atoms with Crippen LogP contribution in [-0.2, 0) is 5.75 Å². The van der Waals surface area contributed by atoms with Gasteiger partial charge in [0.2, 0.25) is 0 Å². The molecule has 0 fully saturated rings. The zero-order valence-corrected chi connectivity index (χ0v) is 12.1. The predicted molar refractivity (Wildman–Crippen MR) is 80.4 cm³/mol. The van der Waals surface area contributed by atoms with Crippen LogP contribution in [0.25, 0.3) is 0 Å². The minimum atomic E-state index is -0.392. The summed E-state index contributed by atoms with van der Waals surface area (Å²) in [6.07, 6.45) is 0. The quantitative estimate of drug-likeness (QED) is 0.477. The average Bonchev–Trinajstić information content (AvgIpc) is 2.52. The fraction of sp³-hybridized carbons (Fsp3) is 0.133. The van der Waals surface area contributed by atoms with E-state index in [-0.39, 0.29) is 5.69 Å². The summed E-state index contributed by atoms with van der Waals surface area (Å²) in [7, 11) is 1.51. The Hall–Kier alpha value is -2.52. The molecule has 0 aliphatic carbocycles. The number of hydrogen-bond donors (Lipinski definition) is 0. The predicted octanol–water partition coefficient (Wildman–Crippen LogP) is 3.77. The molecule has 21 heavy (non-hydrogen) atoms. The molecular formula is C15H12N2O3S. The number of benzene rings is 2. The van der Waals surface area contributed by atoms with E-state index in [4.69, 9.17) is 10.00 Å². The lowest BCUT2D eigenvalue weighted by molar-refractivity contribution is -0.387. The zero-order chi connectivity index (χ0) is 15.2. The fourth-order valence-corrected chi connectivity index (χ4v) is 2.79. The van der Waals surface area contributed by atoms with Crippen LogP contribution >= 0.6 is 11.8 Å². The maximum Gasteiger partial charge on any atom is 0.282 e. The van der Waals surface area contributed by atoms with Gasteiger partial charge in [0, 0.05) is 11.8 Å². The molecule has 0 aliphatic heterocycles. The number of rotatable bonds is 5. The van der Waals surface area contributed by atoms with E-state index in [1.807, 2.05) is 6.07 Å². The van der Waals surface area contributed by atoms with Gasteiger partial charge in [0.05, 0.1) is 22.5 Å². The molecule has 0 amide bonds. The topological polar surface area (TPSA) is 76.2 Å². The van der Waals surface area contributed by atoms with E-state index in [9.17, 15) is 10.1 Å².